The van der Waals surface area contributed by atoms with Crippen LogP contribution in [0, 0.1) is 0 Å². The minimum Gasteiger partial charge on any atom is -0.468 e. The molecule has 0 bridgehead atoms. The van der Waals surface area contributed by atoms with E-state index in [0.29, 0.717) is 25.7 Å². The Balaban J connectivity index is 4.06. The van der Waals surface area contributed by atoms with Crippen molar-refractivity contribution in [2.45, 2.75) is 49.3 Å². The zero-order chi connectivity index (χ0) is 15.8. The summed E-state index contributed by atoms with van der Waals surface area (Å²) in [7, 11) is 2.62. The molecule has 0 aliphatic heterocycles. The molecule has 4 nitrogen and oxygen atoms in total. The van der Waals surface area contributed by atoms with Gasteiger partial charge in [-0.05, 0) is 39.5 Å². The van der Waals surface area contributed by atoms with E-state index in [1.165, 1.54) is 14.2 Å². The smallest absolute Gasteiger partial charge is 0.326 e. The second-order valence-corrected chi connectivity index (χ2v) is 6.60. The molecule has 0 rings (SSSR count). The predicted octanol–water partition coefficient (Wildman–Crippen LogP) is 3.44. The van der Waals surface area contributed by atoms with Crippen LogP contribution < -0.4 is 0 Å². The Morgan fingerprint density at radius 1 is 0.900 bits per heavy atom. The van der Waals surface area contributed by atoms with E-state index in [9.17, 15) is 9.59 Å². The largest absolute Gasteiger partial charge is 0.468 e. The van der Waals surface area contributed by atoms with Crippen LogP contribution in [-0.4, -0.2) is 35.9 Å². The number of hydrogen-bond acceptors (Lipinski definition) is 4. The van der Waals surface area contributed by atoms with E-state index < -0.39 is 21.7 Å². The fraction of sp³-hybridized carbons (Fsp3) is 0.714. The molecule has 0 heterocycles. The summed E-state index contributed by atoms with van der Waals surface area (Å²) in [5.41, 5.74) is 0. The fourth-order valence-electron chi connectivity index (χ4n) is 1.57. The first kappa shape index (κ1) is 19.3. The minimum absolute atomic E-state index is 0.438. The van der Waals surface area contributed by atoms with Crippen LogP contribution in [0.5, 0.6) is 0 Å². The summed E-state index contributed by atoms with van der Waals surface area (Å²) in [6.45, 7) is 3.25. The third kappa shape index (κ3) is 6.62. The zero-order valence-corrected chi connectivity index (χ0v) is 13.9. The minimum atomic E-state index is -1.01. The molecule has 0 aromatic heterocycles. The van der Waals surface area contributed by atoms with Gasteiger partial charge in [0.15, 0.2) is 0 Å². The fourth-order valence-corrected chi connectivity index (χ4v) is 1.95. The van der Waals surface area contributed by atoms with Gasteiger partial charge in [-0.25, -0.2) is 0 Å². The number of halogens is 2. The number of alkyl halides is 2. The van der Waals surface area contributed by atoms with Crippen molar-refractivity contribution in [2.75, 3.05) is 14.2 Å². The molecular formula is C14H22Cl2O4. The molecule has 0 saturated carbocycles. The van der Waals surface area contributed by atoms with Crippen LogP contribution in [-0.2, 0) is 19.1 Å². The van der Waals surface area contributed by atoms with Crippen molar-refractivity contribution in [1.29, 1.82) is 0 Å². The van der Waals surface area contributed by atoms with Crippen LogP contribution in [0.15, 0.2) is 12.2 Å². The SMILES string of the molecule is COC(=O)C(C)(Cl)CC/C=C/CCC(C)(Cl)C(=O)OC. The molecule has 0 aromatic rings. The third-order valence-corrected chi connectivity index (χ3v) is 3.64. The first-order valence-corrected chi connectivity index (χ1v) is 7.12. The van der Waals surface area contributed by atoms with Gasteiger partial charge in [-0.3, -0.25) is 9.59 Å². The van der Waals surface area contributed by atoms with Crippen LogP contribution in [0.4, 0.5) is 0 Å². The van der Waals surface area contributed by atoms with E-state index in [-0.39, 0.29) is 0 Å². The lowest BCUT2D eigenvalue weighted by Crippen LogP contribution is -2.30. The van der Waals surface area contributed by atoms with Gasteiger partial charge in [0.1, 0.15) is 9.75 Å². The summed E-state index contributed by atoms with van der Waals surface area (Å²) < 4.78 is 9.23. The zero-order valence-electron chi connectivity index (χ0n) is 12.4. The normalized spacial score (nSPS) is 17.3. The van der Waals surface area contributed by atoms with E-state index in [4.69, 9.17) is 23.2 Å². The molecule has 0 radical (unpaired) electrons. The molecule has 0 fully saturated rings. The lowest BCUT2D eigenvalue weighted by molar-refractivity contribution is -0.144. The molecule has 20 heavy (non-hydrogen) atoms. The van der Waals surface area contributed by atoms with Crippen LogP contribution >= 0.6 is 23.2 Å². The highest BCUT2D eigenvalue weighted by Crippen LogP contribution is 2.24. The number of carbonyl (C=O) groups excluding carboxylic acids is 2. The molecule has 6 heteroatoms. The molecule has 0 saturated heterocycles. The maximum absolute atomic E-state index is 11.3. The number of esters is 2. The van der Waals surface area contributed by atoms with Crippen molar-refractivity contribution < 1.29 is 19.1 Å². The molecule has 0 aliphatic carbocycles. The highest BCUT2D eigenvalue weighted by molar-refractivity contribution is 6.34. The average molecular weight is 325 g/mol. The van der Waals surface area contributed by atoms with Gasteiger partial charge >= 0.3 is 11.9 Å². The summed E-state index contributed by atoms with van der Waals surface area (Å²) in [5, 5.41) is 0. The van der Waals surface area contributed by atoms with Crippen LogP contribution in [0.25, 0.3) is 0 Å². The Bertz CT molecular complexity index is 328. The molecule has 0 aromatic carbocycles. The average Bonchev–Trinajstić information content (AvgIpc) is 2.40. The number of carbonyl (C=O) groups is 2. The maximum atomic E-state index is 11.3. The summed E-state index contributed by atoms with van der Waals surface area (Å²) in [5.74, 6) is -0.877. The molecule has 0 N–H and O–H groups in total. The van der Waals surface area contributed by atoms with Gasteiger partial charge in [-0.15, -0.1) is 23.2 Å². The van der Waals surface area contributed by atoms with Crippen LogP contribution in [0.3, 0.4) is 0 Å². The molecule has 2 unspecified atom stereocenters. The Kier molecular flexibility index (Phi) is 8.21. The van der Waals surface area contributed by atoms with E-state index in [1.54, 1.807) is 13.8 Å². The Hall–Kier alpha value is -0.740. The van der Waals surface area contributed by atoms with Crippen molar-refractivity contribution in [3.05, 3.63) is 12.2 Å². The first-order valence-electron chi connectivity index (χ1n) is 6.37. The highest BCUT2D eigenvalue weighted by Gasteiger charge is 2.31. The quantitative estimate of drug-likeness (QED) is 0.390. The number of allylic oxidation sites excluding steroid dienone is 2. The van der Waals surface area contributed by atoms with Crippen molar-refractivity contribution in [3.8, 4) is 0 Å². The number of rotatable bonds is 8. The van der Waals surface area contributed by atoms with Crippen LogP contribution in [0.1, 0.15) is 39.5 Å². The molecule has 2 atom stereocenters. The van der Waals surface area contributed by atoms with Gasteiger partial charge in [-0.1, -0.05) is 12.2 Å². The molecule has 0 aliphatic rings. The number of methoxy groups -OCH3 is 2. The van der Waals surface area contributed by atoms with Gasteiger partial charge in [0.25, 0.3) is 0 Å². The van der Waals surface area contributed by atoms with Crippen molar-refractivity contribution in [3.63, 3.8) is 0 Å². The molecule has 0 spiro atoms. The lowest BCUT2D eigenvalue weighted by atomic mass is 10.0. The number of hydrogen-bond donors (Lipinski definition) is 0. The second-order valence-electron chi connectivity index (χ2n) is 4.93. The standard InChI is InChI=1S/C14H22Cl2O4/c1-13(15,11(17)19-3)9-7-5-6-8-10-14(2,16)12(18)20-4/h5-6H,7-10H2,1-4H3/b6-5+. The predicted molar refractivity (Wildman–Crippen MR) is 80.2 cm³/mol. The highest BCUT2D eigenvalue weighted by atomic mass is 35.5. The Labute approximate surface area is 130 Å². The van der Waals surface area contributed by atoms with Gasteiger partial charge in [0, 0.05) is 0 Å². The molecular weight excluding hydrogens is 303 g/mol. The van der Waals surface area contributed by atoms with Crippen molar-refractivity contribution in [1.82, 2.24) is 0 Å². The third-order valence-electron chi connectivity index (χ3n) is 2.95. The Morgan fingerprint density at radius 2 is 1.20 bits per heavy atom. The Morgan fingerprint density at radius 3 is 1.45 bits per heavy atom. The van der Waals surface area contributed by atoms with E-state index >= 15 is 0 Å². The van der Waals surface area contributed by atoms with Crippen molar-refractivity contribution >= 4 is 35.1 Å². The summed E-state index contributed by atoms with van der Waals surface area (Å²) in [6.07, 6.45) is 6.07. The summed E-state index contributed by atoms with van der Waals surface area (Å²) in [6, 6.07) is 0. The van der Waals surface area contributed by atoms with Gasteiger partial charge in [0.05, 0.1) is 14.2 Å². The van der Waals surface area contributed by atoms with Gasteiger partial charge in [-0.2, -0.15) is 0 Å². The summed E-state index contributed by atoms with van der Waals surface area (Å²) >= 11 is 12.1. The monoisotopic (exact) mass is 324 g/mol. The van der Waals surface area contributed by atoms with Gasteiger partial charge in [0.2, 0.25) is 0 Å². The summed E-state index contributed by atoms with van der Waals surface area (Å²) in [4.78, 5) is 20.7. The second kappa shape index (κ2) is 8.53. The van der Waals surface area contributed by atoms with E-state index in [2.05, 4.69) is 9.47 Å². The maximum Gasteiger partial charge on any atom is 0.326 e. The lowest BCUT2D eigenvalue weighted by Gasteiger charge is -2.18. The van der Waals surface area contributed by atoms with Crippen molar-refractivity contribution in [2.24, 2.45) is 0 Å². The van der Waals surface area contributed by atoms with E-state index in [1.807, 2.05) is 12.2 Å². The van der Waals surface area contributed by atoms with Gasteiger partial charge < -0.3 is 9.47 Å². The topological polar surface area (TPSA) is 52.6 Å². The van der Waals surface area contributed by atoms with E-state index in [0.717, 1.165) is 0 Å². The molecule has 0 amide bonds. The first-order chi connectivity index (χ1) is 9.17. The molecule has 116 valence electrons. The van der Waals surface area contributed by atoms with Crippen LogP contribution in [0.2, 0.25) is 0 Å². The number of ether oxygens (including phenoxy) is 2.